The topological polar surface area (TPSA) is 62.5 Å². The Labute approximate surface area is 154 Å². The smallest absolute Gasteiger partial charge is 0.234 e. The number of carbonyl (C=O) groups excluding carboxylic acids is 1. The predicted octanol–water partition coefficient (Wildman–Crippen LogP) is 4.82. The molecule has 0 atom stereocenters. The van der Waals surface area contributed by atoms with E-state index in [2.05, 4.69) is 5.32 Å². The number of benzene rings is 2. The maximum absolute atomic E-state index is 12.2. The molecule has 3 aromatic rings. The van der Waals surface area contributed by atoms with Crippen molar-refractivity contribution in [1.82, 2.24) is 0 Å². The second-order valence-corrected chi connectivity index (χ2v) is 6.72. The minimum atomic E-state index is -0.159. The standard InChI is InChI=1S/C19H16ClNO3S/c20-16-8-6-13(18-9-7-14(11-22)24-18)10-17(16)21-19(23)12-25-15-4-2-1-3-5-15/h1-10,22H,11-12H2,(H,21,23). The SMILES string of the molecule is O=C(CSc1ccccc1)Nc1cc(-c2ccc(CO)o2)ccc1Cl. The number of furan rings is 1. The van der Waals surface area contributed by atoms with Crippen molar-refractivity contribution in [2.75, 3.05) is 11.1 Å². The molecule has 0 saturated heterocycles. The number of aliphatic hydroxyl groups excluding tert-OH is 1. The van der Waals surface area contributed by atoms with Crippen molar-refractivity contribution in [3.05, 3.63) is 71.4 Å². The van der Waals surface area contributed by atoms with Crippen LogP contribution < -0.4 is 5.32 Å². The molecule has 128 valence electrons. The second-order valence-electron chi connectivity index (χ2n) is 5.27. The highest BCUT2D eigenvalue weighted by atomic mass is 35.5. The van der Waals surface area contributed by atoms with Gasteiger partial charge in [0, 0.05) is 10.5 Å². The quantitative estimate of drug-likeness (QED) is 0.608. The molecule has 0 saturated carbocycles. The van der Waals surface area contributed by atoms with E-state index in [0.29, 0.717) is 28.0 Å². The number of aliphatic hydroxyl groups is 1. The summed E-state index contributed by atoms with van der Waals surface area (Å²) in [4.78, 5) is 13.2. The highest BCUT2D eigenvalue weighted by Gasteiger charge is 2.10. The summed E-state index contributed by atoms with van der Waals surface area (Å²) in [5, 5.41) is 12.4. The first kappa shape index (κ1) is 17.6. The zero-order valence-corrected chi connectivity index (χ0v) is 14.8. The van der Waals surface area contributed by atoms with E-state index < -0.39 is 0 Å². The van der Waals surface area contributed by atoms with Crippen molar-refractivity contribution in [1.29, 1.82) is 0 Å². The molecule has 1 heterocycles. The van der Waals surface area contributed by atoms with Gasteiger partial charge in [0.15, 0.2) is 0 Å². The maximum atomic E-state index is 12.2. The maximum Gasteiger partial charge on any atom is 0.234 e. The Morgan fingerprint density at radius 1 is 1.12 bits per heavy atom. The number of carbonyl (C=O) groups is 1. The summed E-state index contributed by atoms with van der Waals surface area (Å²) in [6.45, 7) is -0.159. The zero-order chi connectivity index (χ0) is 17.6. The minimum absolute atomic E-state index is 0.136. The van der Waals surface area contributed by atoms with E-state index >= 15 is 0 Å². The predicted molar refractivity (Wildman–Crippen MR) is 101 cm³/mol. The molecule has 6 heteroatoms. The van der Waals surface area contributed by atoms with E-state index in [1.807, 2.05) is 30.3 Å². The van der Waals surface area contributed by atoms with Gasteiger partial charge < -0.3 is 14.8 Å². The van der Waals surface area contributed by atoms with Crippen LogP contribution >= 0.6 is 23.4 Å². The fraction of sp³-hybridized carbons (Fsp3) is 0.105. The molecule has 0 spiro atoms. The van der Waals surface area contributed by atoms with Gasteiger partial charge in [0.2, 0.25) is 5.91 Å². The monoisotopic (exact) mass is 373 g/mol. The molecule has 0 bridgehead atoms. The Bertz CT molecular complexity index is 864. The molecule has 0 aliphatic heterocycles. The first-order valence-corrected chi connectivity index (χ1v) is 8.99. The molecule has 0 aliphatic carbocycles. The molecule has 25 heavy (non-hydrogen) atoms. The summed E-state index contributed by atoms with van der Waals surface area (Å²) in [5.41, 5.74) is 1.30. The third kappa shape index (κ3) is 4.66. The Hall–Kier alpha value is -2.21. The number of anilines is 1. The fourth-order valence-electron chi connectivity index (χ4n) is 2.24. The highest BCUT2D eigenvalue weighted by molar-refractivity contribution is 8.00. The third-order valence-electron chi connectivity index (χ3n) is 3.46. The lowest BCUT2D eigenvalue weighted by Crippen LogP contribution is -2.14. The molecular weight excluding hydrogens is 358 g/mol. The fourth-order valence-corrected chi connectivity index (χ4v) is 3.13. The van der Waals surface area contributed by atoms with Gasteiger partial charge in [-0.05, 0) is 42.5 Å². The van der Waals surface area contributed by atoms with Crippen LogP contribution in [0.1, 0.15) is 5.76 Å². The van der Waals surface area contributed by atoms with Gasteiger partial charge in [0.1, 0.15) is 18.1 Å². The van der Waals surface area contributed by atoms with Gasteiger partial charge in [-0.2, -0.15) is 0 Å². The van der Waals surface area contributed by atoms with Crippen LogP contribution in [0.5, 0.6) is 0 Å². The number of hydrogen-bond donors (Lipinski definition) is 2. The first-order chi connectivity index (χ1) is 12.2. The summed E-state index contributed by atoms with van der Waals surface area (Å²) in [5.74, 6) is 1.24. The van der Waals surface area contributed by atoms with Gasteiger partial charge in [0.25, 0.3) is 0 Å². The molecule has 3 rings (SSSR count). The summed E-state index contributed by atoms with van der Waals surface area (Å²) in [7, 11) is 0. The first-order valence-electron chi connectivity index (χ1n) is 7.63. The lowest BCUT2D eigenvalue weighted by Gasteiger charge is -2.09. The average molecular weight is 374 g/mol. The molecule has 2 aromatic carbocycles. The van der Waals surface area contributed by atoms with Crippen molar-refractivity contribution in [2.24, 2.45) is 0 Å². The molecule has 0 radical (unpaired) electrons. The van der Waals surface area contributed by atoms with Crippen LogP contribution in [-0.2, 0) is 11.4 Å². The van der Waals surface area contributed by atoms with Gasteiger partial charge in [-0.15, -0.1) is 11.8 Å². The number of nitrogens with one attached hydrogen (secondary N) is 1. The summed E-state index contributed by atoms with van der Waals surface area (Å²) in [6, 6.07) is 18.5. The molecule has 0 fully saturated rings. The van der Waals surface area contributed by atoms with Crippen LogP contribution in [0.2, 0.25) is 5.02 Å². The largest absolute Gasteiger partial charge is 0.459 e. The lowest BCUT2D eigenvalue weighted by atomic mass is 10.1. The molecule has 1 aromatic heterocycles. The van der Waals surface area contributed by atoms with Crippen LogP contribution in [0, 0.1) is 0 Å². The number of halogens is 1. The van der Waals surface area contributed by atoms with Gasteiger partial charge in [-0.3, -0.25) is 4.79 Å². The van der Waals surface area contributed by atoms with Gasteiger partial charge >= 0.3 is 0 Å². The minimum Gasteiger partial charge on any atom is -0.459 e. The molecule has 0 aliphatic rings. The van der Waals surface area contributed by atoms with E-state index in [-0.39, 0.29) is 12.5 Å². The molecule has 2 N–H and O–H groups in total. The molecular formula is C19H16ClNO3S. The van der Waals surface area contributed by atoms with Gasteiger partial charge in [0.05, 0.1) is 16.5 Å². The number of thioether (sulfide) groups is 1. The molecule has 1 amide bonds. The average Bonchev–Trinajstić information content (AvgIpc) is 3.12. The summed E-state index contributed by atoms with van der Waals surface area (Å²) < 4.78 is 5.51. The molecule has 4 nitrogen and oxygen atoms in total. The second kappa shape index (κ2) is 8.25. The van der Waals surface area contributed by atoms with Crippen molar-refractivity contribution in [3.8, 4) is 11.3 Å². The zero-order valence-electron chi connectivity index (χ0n) is 13.2. The van der Waals surface area contributed by atoms with E-state index in [1.54, 1.807) is 30.3 Å². The molecule has 0 unspecified atom stereocenters. The van der Waals surface area contributed by atoms with E-state index in [9.17, 15) is 4.79 Å². The lowest BCUT2D eigenvalue weighted by molar-refractivity contribution is -0.113. The van der Waals surface area contributed by atoms with E-state index in [4.69, 9.17) is 21.1 Å². The Morgan fingerprint density at radius 3 is 2.64 bits per heavy atom. The van der Waals surface area contributed by atoms with Crippen LogP contribution in [-0.4, -0.2) is 16.8 Å². The van der Waals surface area contributed by atoms with Crippen LogP contribution in [0.4, 0.5) is 5.69 Å². The normalized spacial score (nSPS) is 10.6. The summed E-state index contributed by atoms with van der Waals surface area (Å²) >= 11 is 7.64. The van der Waals surface area contributed by atoms with Gasteiger partial charge in [-0.1, -0.05) is 29.8 Å². The van der Waals surface area contributed by atoms with Crippen molar-refractivity contribution >= 4 is 35.0 Å². The Balaban J connectivity index is 1.69. The Morgan fingerprint density at radius 2 is 1.92 bits per heavy atom. The number of amides is 1. The third-order valence-corrected chi connectivity index (χ3v) is 4.80. The van der Waals surface area contributed by atoms with E-state index in [0.717, 1.165) is 10.5 Å². The highest BCUT2D eigenvalue weighted by Crippen LogP contribution is 2.30. The van der Waals surface area contributed by atoms with Crippen molar-refractivity contribution < 1.29 is 14.3 Å². The number of rotatable bonds is 6. The number of hydrogen-bond acceptors (Lipinski definition) is 4. The van der Waals surface area contributed by atoms with Crippen LogP contribution in [0.25, 0.3) is 11.3 Å². The van der Waals surface area contributed by atoms with Crippen molar-refractivity contribution in [2.45, 2.75) is 11.5 Å². The van der Waals surface area contributed by atoms with Crippen molar-refractivity contribution in [3.63, 3.8) is 0 Å². The van der Waals surface area contributed by atoms with Gasteiger partial charge in [-0.25, -0.2) is 0 Å². The summed E-state index contributed by atoms with van der Waals surface area (Å²) in [6.07, 6.45) is 0. The van der Waals surface area contributed by atoms with E-state index in [1.165, 1.54) is 11.8 Å². The Kier molecular flexibility index (Phi) is 5.81. The van der Waals surface area contributed by atoms with Crippen LogP contribution in [0.15, 0.2) is 70.0 Å². The van der Waals surface area contributed by atoms with Crippen LogP contribution in [0.3, 0.4) is 0 Å².